The number of rotatable bonds is 1. The first-order valence-corrected chi connectivity index (χ1v) is 6.26. The summed E-state index contributed by atoms with van der Waals surface area (Å²) in [5.74, 6) is 0.521. The summed E-state index contributed by atoms with van der Waals surface area (Å²) in [6, 6.07) is 5.39. The predicted octanol–water partition coefficient (Wildman–Crippen LogP) is 2.32. The molecule has 0 radical (unpaired) electrons. The molecule has 0 amide bonds. The van der Waals surface area contributed by atoms with E-state index in [1.54, 1.807) is 30.7 Å². The second kappa shape index (κ2) is 4.77. The monoisotopic (exact) mass is 266 g/mol. The summed E-state index contributed by atoms with van der Waals surface area (Å²) in [6.07, 6.45) is 6.87. The van der Waals surface area contributed by atoms with E-state index in [1.165, 1.54) is 0 Å². The maximum atomic E-state index is 12.7. The molecule has 0 unspecified atom stereocenters. The van der Waals surface area contributed by atoms with Crippen molar-refractivity contribution >= 4 is 22.9 Å². The normalized spacial score (nSPS) is 15.1. The van der Waals surface area contributed by atoms with Gasteiger partial charge in [0.25, 0.3) is 0 Å². The van der Waals surface area contributed by atoms with Gasteiger partial charge in [-0.15, -0.1) is 0 Å². The molecule has 2 aromatic rings. The highest BCUT2D eigenvalue weighted by Gasteiger charge is 2.25. The van der Waals surface area contributed by atoms with Crippen LogP contribution in [0.15, 0.2) is 43.0 Å². The first kappa shape index (κ1) is 12.3. The number of allylic oxidation sites excluding steroid dienone is 1. The van der Waals surface area contributed by atoms with Crippen molar-refractivity contribution in [3.63, 3.8) is 0 Å². The van der Waals surface area contributed by atoms with Gasteiger partial charge in [0, 0.05) is 50.0 Å². The third kappa shape index (κ3) is 2.03. The van der Waals surface area contributed by atoms with Crippen LogP contribution in [0.1, 0.15) is 15.9 Å². The Hall–Kier alpha value is -2.69. The maximum Gasteiger partial charge on any atom is 0.198 e. The molecule has 0 atom stereocenters. The second-order valence-electron chi connectivity index (χ2n) is 4.78. The number of Topliss-reactive ketones (excluding diaryl/α,β-unsaturated/α-hetero) is 1. The van der Waals surface area contributed by atoms with Crippen molar-refractivity contribution in [3.05, 3.63) is 54.1 Å². The second-order valence-corrected chi connectivity index (χ2v) is 4.78. The minimum Gasteiger partial charge on any atom is -0.383 e. The van der Waals surface area contributed by atoms with Crippen LogP contribution >= 0.6 is 0 Å². The van der Waals surface area contributed by atoms with Crippen LogP contribution in [0.4, 0.5) is 11.5 Å². The lowest BCUT2D eigenvalue weighted by atomic mass is 10.00. The van der Waals surface area contributed by atoms with E-state index in [-0.39, 0.29) is 5.78 Å². The van der Waals surface area contributed by atoms with Gasteiger partial charge in [-0.25, -0.2) is 4.98 Å². The summed E-state index contributed by atoms with van der Waals surface area (Å²) >= 11 is 0. The van der Waals surface area contributed by atoms with E-state index in [1.807, 2.05) is 31.3 Å². The van der Waals surface area contributed by atoms with E-state index in [2.05, 4.69) is 15.3 Å². The molecule has 1 aliphatic heterocycles. The third-order valence-electron chi connectivity index (χ3n) is 3.05. The van der Waals surface area contributed by atoms with Crippen molar-refractivity contribution in [2.75, 3.05) is 19.4 Å². The minimum atomic E-state index is -0.0546. The van der Waals surface area contributed by atoms with Gasteiger partial charge in [0.05, 0.1) is 11.3 Å². The number of hydrogen-bond donors (Lipinski definition) is 1. The SMILES string of the molecule is CN(C)/C=C1\C(=O)c2cccnc2Nc2ccncc21. The van der Waals surface area contributed by atoms with Crippen LogP contribution in [0.2, 0.25) is 0 Å². The lowest BCUT2D eigenvalue weighted by molar-refractivity contribution is 0.105. The summed E-state index contributed by atoms with van der Waals surface area (Å²) < 4.78 is 0. The average molecular weight is 266 g/mol. The quantitative estimate of drug-likeness (QED) is 0.803. The Bertz CT molecular complexity index is 707. The summed E-state index contributed by atoms with van der Waals surface area (Å²) in [6.45, 7) is 0. The lowest BCUT2D eigenvalue weighted by Gasteiger charge is -2.11. The molecule has 5 heteroatoms. The number of carbonyl (C=O) groups excluding carboxylic acids is 1. The molecule has 20 heavy (non-hydrogen) atoms. The predicted molar refractivity (Wildman–Crippen MR) is 77.8 cm³/mol. The highest BCUT2D eigenvalue weighted by atomic mass is 16.1. The fraction of sp³-hybridized carbons (Fsp3) is 0.133. The summed E-state index contributed by atoms with van der Waals surface area (Å²) in [5.41, 5.74) is 2.79. The summed E-state index contributed by atoms with van der Waals surface area (Å²) in [7, 11) is 3.78. The Morgan fingerprint density at radius 3 is 2.85 bits per heavy atom. The highest BCUT2D eigenvalue weighted by molar-refractivity contribution is 6.32. The van der Waals surface area contributed by atoms with Gasteiger partial charge in [0.2, 0.25) is 0 Å². The van der Waals surface area contributed by atoms with Gasteiger partial charge in [-0.1, -0.05) is 0 Å². The molecule has 0 fully saturated rings. The molecule has 0 spiro atoms. The maximum absolute atomic E-state index is 12.7. The number of nitrogens with one attached hydrogen (secondary N) is 1. The number of nitrogens with zero attached hydrogens (tertiary/aromatic N) is 3. The molecule has 0 bridgehead atoms. The standard InChI is InChI=1S/C15H14N4O/c1-19(2)9-12-11-8-16-7-5-13(11)18-15-10(14(12)20)4-3-6-17-15/h3-9H,1-2H3,(H,17,18)/b12-9-. The minimum absolute atomic E-state index is 0.0546. The molecular formula is C15H14N4O. The molecule has 0 saturated heterocycles. The van der Waals surface area contributed by atoms with Gasteiger partial charge in [-0.3, -0.25) is 9.78 Å². The number of hydrogen-bond acceptors (Lipinski definition) is 5. The molecule has 1 aliphatic rings. The number of ketones is 1. The third-order valence-corrected chi connectivity index (χ3v) is 3.05. The number of fused-ring (bicyclic) bond motifs is 2. The van der Waals surface area contributed by atoms with Crippen LogP contribution < -0.4 is 5.32 Å². The van der Waals surface area contributed by atoms with Crippen molar-refractivity contribution in [2.24, 2.45) is 0 Å². The van der Waals surface area contributed by atoms with E-state index in [0.717, 1.165) is 11.3 Å². The molecule has 100 valence electrons. The number of aromatic nitrogens is 2. The van der Waals surface area contributed by atoms with Crippen LogP contribution in [0, 0.1) is 0 Å². The van der Waals surface area contributed by atoms with E-state index in [9.17, 15) is 4.79 Å². The summed E-state index contributed by atoms with van der Waals surface area (Å²) in [4.78, 5) is 23.0. The summed E-state index contributed by atoms with van der Waals surface area (Å²) in [5, 5.41) is 3.21. The Morgan fingerprint density at radius 2 is 2.05 bits per heavy atom. The zero-order valence-corrected chi connectivity index (χ0v) is 11.3. The van der Waals surface area contributed by atoms with Crippen molar-refractivity contribution in [3.8, 4) is 0 Å². The van der Waals surface area contributed by atoms with Gasteiger partial charge >= 0.3 is 0 Å². The van der Waals surface area contributed by atoms with E-state index < -0.39 is 0 Å². The van der Waals surface area contributed by atoms with Gasteiger partial charge < -0.3 is 10.2 Å². The molecule has 2 aromatic heterocycles. The van der Waals surface area contributed by atoms with Crippen LogP contribution in [0.25, 0.3) is 5.57 Å². The Labute approximate surface area is 117 Å². The first-order chi connectivity index (χ1) is 9.66. The average Bonchev–Trinajstić information content (AvgIpc) is 2.55. The molecule has 3 heterocycles. The van der Waals surface area contributed by atoms with Gasteiger partial charge in [-0.05, 0) is 18.2 Å². The Morgan fingerprint density at radius 1 is 1.20 bits per heavy atom. The van der Waals surface area contributed by atoms with Crippen molar-refractivity contribution < 1.29 is 4.79 Å². The van der Waals surface area contributed by atoms with E-state index >= 15 is 0 Å². The molecule has 3 rings (SSSR count). The smallest absolute Gasteiger partial charge is 0.198 e. The van der Waals surface area contributed by atoms with Crippen LogP contribution in [0.5, 0.6) is 0 Å². The molecule has 5 nitrogen and oxygen atoms in total. The first-order valence-electron chi connectivity index (χ1n) is 6.26. The number of pyridine rings is 2. The molecular weight excluding hydrogens is 252 g/mol. The molecule has 0 aromatic carbocycles. The topological polar surface area (TPSA) is 58.1 Å². The van der Waals surface area contributed by atoms with E-state index in [0.29, 0.717) is 17.0 Å². The molecule has 0 aliphatic carbocycles. The van der Waals surface area contributed by atoms with Gasteiger partial charge in [-0.2, -0.15) is 0 Å². The fourth-order valence-electron chi connectivity index (χ4n) is 2.19. The fourth-order valence-corrected chi connectivity index (χ4v) is 2.19. The number of anilines is 2. The Balaban J connectivity index is 2.27. The lowest BCUT2D eigenvalue weighted by Crippen LogP contribution is -2.09. The van der Waals surface area contributed by atoms with Crippen LogP contribution in [-0.4, -0.2) is 34.7 Å². The van der Waals surface area contributed by atoms with E-state index in [4.69, 9.17) is 0 Å². The van der Waals surface area contributed by atoms with Crippen molar-refractivity contribution in [1.82, 2.24) is 14.9 Å². The molecule has 0 saturated carbocycles. The number of carbonyl (C=O) groups is 1. The molecule has 1 N–H and O–H groups in total. The highest BCUT2D eigenvalue weighted by Crippen LogP contribution is 2.34. The zero-order valence-electron chi connectivity index (χ0n) is 11.3. The Kier molecular flexibility index (Phi) is 2.95. The van der Waals surface area contributed by atoms with Crippen LogP contribution in [0.3, 0.4) is 0 Å². The zero-order chi connectivity index (χ0) is 14.1. The van der Waals surface area contributed by atoms with Gasteiger partial charge in [0.1, 0.15) is 5.82 Å². The van der Waals surface area contributed by atoms with Crippen molar-refractivity contribution in [2.45, 2.75) is 0 Å². The largest absolute Gasteiger partial charge is 0.383 e. The van der Waals surface area contributed by atoms with Crippen molar-refractivity contribution in [1.29, 1.82) is 0 Å². The van der Waals surface area contributed by atoms with Crippen LogP contribution in [-0.2, 0) is 0 Å². The van der Waals surface area contributed by atoms with Gasteiger partial charge in [0.15, 0.2) is 5.78 Å².